The second-order valence-electron chi connectivity index (χ2n) is 6.60. The maximum Gasteiger partial charge on any atom is 0.257 e. The number of nitrogens with one attached hydrogen (secondary N) is 3. The minimum absolute atomic E-state index is 0. The van der Waals surface area contributed by atoms with Gasteiger partial charge in [-0.05, 0) is 49.9 Å². The molecular formula is C23H33IN4O2. The van der Waals surface area contributed by atoms with Crippen molar-refractivity contribution in [2.45, 2.75) is 33.2 Å². The second kappa shape index (κ2) is 15.5. The molecule has 1 amide bonds. The van der Waals surface area contributed by atoms with Crippen molar-refractivity contribution in [1.82, 2.24) is 16.0 Å². The van der Waals surface area contributed by atoms with E-state index in [1.807, 2.05) is 37.3 Å². The number of aliphatic imine (C=N–C) groups is 1. The molecule has 164 valence electrons. The third kappa shape index (κ3) is 10.5. The summed E-state index contributed by atoms with van der Waals surface area (Å²) < 4.78 is 5.55. The number of halogens is 1. The average molecular weight is 524 g/mol. The van der Waals surface area contributed by atoms with Crippen molar-refractivity contribution in [2.24, 2.45) is 4.99 Å². The van der Waals surface area contributed by atoms with Crippen molar-refractivity contribution in [2.75, 3.05) is 26.2 Å². The van der Waals surface area contributed by atoms with Gasteiger partial charge in [-0.3, -0.25) is 4.79 Å². The number of hydrogen-bond donors (Lipinski definition) is 3. The van der Waals surface area contributed by atoms with Gasteiger partial charge < -0.3 is 20.7 Å². The lowest BCUT2D eigenvalue weighted by molar-refractivity contribution is -0.122. The van der Waals surface area contributed by atoms with Crippen LogP contribution in [0.25, 0.3) is 0 Å². The van der Waals surface area contributed by atoms with Crippen LogP contribution in [-0.2, 0) is 17.8 Å². The minimum Gasteiger partial charge on any atom is -0.484 e. The molecule has 0 saturated heterocycles. The molecule has 0 aromatic heterocycles. The smallest absolute Gasteiger partial charge is 0.257 e. The van der Waals surface area contributed by atoms with Crippen molar-refractivity contribution in [1.29, 1.82) is 0 Å². The van der Waals surface area contributed by atoms with E-state index in [9.17, 15) is 4.79 Å². The predicted octanol–water partition coefficient (Wildman–Crippen LogP) is 3.51. The third-order valence-electron chi connectivity index (χ3n) is 4.18. The molecule has 0 atom stereocenters. The van der Waals surface area contributed by atoms with Gasteiger partial charge in [0.25, 0.3) is 5.91 Å². The standard InChI is InChI=1S/C23H32N4O2.HI/c1-3-24-22(28)18-29-21-14-8-12-20(16-21)17-27-23(25-4-2)26-15-9-13-19-10-6-5-7-11-19;/h5-8,10-12,14,16H,3-4,9,13,15,17-18H2,1-2H3,(H,24,28)(H2,25,26,27);1H. The van der Waals surface area contributed by atoms with Gasteiger partial charge in [0.1, 0.15) is 5.75 Å². The average Bonchev–Trinajstić information content (AvgIpc) is 2.75. The first-order valence-electron chi connectivity index (χ1n) is 10.3. The zero-order valence-electron chi connectivity index (χ0n) is 17.8. The van der Waals surface area contributed by atoms with Gasteiger partial charge in [-0.1, -0.05) is 42.5 Å². The number of benzene rings is 2. The molecule has 2 rings (SSSR count). The van der Waals surface area contributed by atoms with Crippen LogP contribution in [0.4, 0.5) is 0 Å². The summed E-state index contributed by atoms with van der Waals surface area (Å²) in [5.74, 6) is 1.35. The Balaban J connectivity index is 0.00000450. The van der Waals surface area contributed by atoms with Gasteiger partial charge in [-0.2, -0.15) is 0 Å². The summed E-state index contributed by atoms with van der Waals surface area (Å²) >= 11 is 0. The van der Waals surface area contributed by atoms with E-state index in [-0.39, 0.29) is 36.5 Å². The van der Waals surface area contributed by atoms with Crippen LogP contribution in [-0.4, -0.2) is 38.1 Å². The molecule has 0 radical (unpaired) electrons. The van der Waals surface area contributed by atoms with Crippen molar-refractivity contribution in [3.63, 3.8) is 0 Å². The predicted molar refractivity (Wildman–Crippen MR) is 134 cm³/mol. The number of hydrogen-bond acceptors (Lipinski definition) is 3. The first kappa shape index (κ1) is 25.7. The van der Waals surface area contributed by atoms with Gasteiger partial charge in [0, 0.05) is 19.6 Å². The Hall–Kier alpha value is -2.29. The van der Waals surface area contributed by atoms with Crippen molar-refractivity contribution >= 4 is 35.8 Å². The van der Waals surface area contributed by atoms with E-state index >= 15 is 0 Å². The molecule has 2 aromatic carbocycles. The van der Waals surface area contributed by atoms with Crippen LogP contribution in [0.1, 0.15) is 31.4 Å². The fraction of sp³-hybridized carbons (Fsp3) is 0.391. The minimum atomic E-state index is -0.120. The summed E-state index contributed by atoms with van der Waals surface area (Å²) in [6.45, 7) is 6.75. The van der Waals surface area contributed by atoms with Crippen LogP contribution in [0, 0.1) is 0 Å². The monoisotopic (exact) mass is 524 g/mol. The van der Waals surface area contributed by atoms with Crippen molar-refractivity contribution < 1.29 is 9.53 Å². The molecular weight excluding hydrogens is 491 g/mol. The van der Waals surface area contributed by atoms with Crippen LogP contribution < -0.4 is 20.7 Å². The lowest BCUT2D eigenvalue weighted by Crippen LogP contribution is -2.37. The highest BCUT2D eigenvalue weighted by atomic mass is 127. The number of aryl methyl sites for hydroxylation is 1. The number of guanidine groups is 1. The Labute approximate surface area is 196 Å². The fourth-order valence-electron chi connectivity index (χ4n) is 2.79. The highest BCUT2D eigenvalue weighted by Gasteiger charge is 2.03. The Kier molecular flexibility index (Phi) is 13.3. The molecule has 0 unspecified atom stereocenters. The van der Waals surface area contributed by atoms with E-state index in [0.29, 0.717) is 18.8 Å². The zero-order chi connectivity index (χ0) is 20.7. The van der Waals surface area contributed by atoms with E-state index in [1.165, 1.54) is 5.56 Å². The molecule has 0 spiro atoms. The molecule has 0 saturated carbocycles. The molecule has 3 N–H and O–H groups in total. The Morgan fingerprint density at radius 1 is 0.933 bits per heavy atom. The topological polar surface area (TPSA) is 74.8 Å². The van der Waals surface area contributed by atoms with Crippen LogP contribution in [0.5, 0.6) is 5.75 Å². The van der Waals surface area contributed by atoms with Gasteiger partial charge >= 0.3 is 0 Å². The lowest BCUT2D eigenvalue weighted by atomic mass is 10.1. The molecule has 7 heteroatoms. The van der Waals surface area contributed by atoms with E-state index in [2.05, 4.69) is 52.1 Å². The SMILES string of the molecule is CCNC(=O)COc1cccc(CN=C(NCC)NCCCc2ccccc2)c1.I. The normalized spacial score (nSPS) is 10.7. The van der Waals surface area contributed by atoms with Crippen LogP contribution in [0.3, 0.4) is 0 Å². The summed E-state index contributed by atoms with van der Waals surface area (Å²) in [6, 6.07) is 18.2. The number of carbonyl (C=O) groups excluding carboxylic acids is 1. The van der Waals surface area contributed by atoms with Crippen LogP contribution in [0.15, 0.2) is 59.6 Å². The Morgan fingerprint density at radius 3 is 2.40 bits per heavy atom. The molecule has 0 heterocycles. The first-order valence-corrected chi connectivity index (χ1v) is 10.3. The maximum absolute atomic E-state index is 11.5. The van der Waals surface area contributed by atoms with Crippen LogP contribution >= 0.6 is 24.0 Å². The number of ether oxygens (including phenoxy) is 1. The first-order chi connectivity index (χ1) is 14.2. The van der Waals surface area contributed by atoms with E-state index < -0.39 is 0 Å². The summed E-state index contributed by atoms with van der Waals surface area (Å²) in [5, 5.41) is 9.38. The number of likely N-dealkylation sites (N-methyl/N-ethyl adjacent to an activating group) is 1. The third-order valence-corrected chi connectivity index (χ3v) is 4.18. The quantitative estimate of drug-likeness (QED) is 0.182. The largest absolute Gasteiger partial charge is 0.484 e. The molecule has 6 nitrogen and oxygen atoms in total. The van der Waals surface area contributed by atoms with Gasteiger partial charge in [0.05, 0.1) is 6.54 Å². The molecule has 0 aliphatic carbocycles. The zero-order valence-corrected chi connectivity index (χ0v) is 20.1. The van der Waals surface area contributed by atoms with E-state index in [0.717, 1.165) is 37.5 Å². The van der Waals surface area contributed by atoms with Gasteiger partial charge in [-0.25, -0.2) is 4.99 Å². The number of nitrogens with zero attached hydrogens (tertiary/aromatic N) is 1. The molecule has 0 aliphatic heterocycles. The van der Waals surface area contributed by atoms with Crippen molar-refractivity contribution in [3.05, 3.63) is 65.7 Å². The lowest BCUT2D eigenvalue weighted by Gasteiger charge is -2.12. The van der Waals surface area contributed by atoms with E-state index in [4.69, 9.17) is 4.74 Å². The van der Waals surface area contributed by atoms with Gasteiger partial charge in [0.2, 0.25) is 0 Å². The molecule has 30 heavy (non-hydrogen) atoms. The molecule has 2 aromatic rings. The highest BCUT2D eigenvalue weighted by molar-refractivity contribution is 14.0. The summed E-state index contributed by atoms with van der Waals surface area (Å²) in [4.78, 5) is 16.2. The van der Waals surface area contributed by atoms with Gasteiger partial charge in [-0.15, -0.1) is 24.0 Å². The van der Waals surface area contributed by atoms with Crippen LogP contribution in [0.2, 0.25) is 0 Å². The van der Waals surface area contributed by atoms with Crippen molar-refractivity contribution in [3.8, 4) is 5.75 Å². The maximum atomic E-state index is 11.5. The Morgan fingerprint density at radius 2 is 1.67 bits per heavy atom. The number of rotatable bonds is 11. The van der Waals surface area contributed by atoms with Gasteiger partial charge in [0.15, 0.2) is 12.6 Å². The van der Waals surface area contributed by atoms with E-state index in [1.54, 1.807) is 0 Å². The molecule has 0 bridgehead atoms. The number of amides is 1. The number of carbonyl (C=O) groups is 1. The molecule has 0 aliphatic rings. The Bertz CT molecular complexity index is 769. The second-order valence-corrected chi connectivity index (χ2v) is 6.60. The highest BCUT2D eigenvalue weighted by Crippen LogP contribution is 2.14. The summed E-state index contributed by atoms with van der Waals surface area (Å²) in [7, 11) is 0. The molecule has 0 fully saturated rings. The summed E-state index contributed by atoms with van der Waals surface area (Å²) in [6.07, 6.45) is 2.08. The fourth-order valence-corrected chi connectivity index (χ4v) is 2.79. The summed E-state index contributed by atoms with van der Waals surface area (Å²) in [5.41, 5.74) is 2.38.